The maximum atomic E-state index is 5.61. The smallest absolute Gasteiger partial charge is 0.215 e. The van der Waals surface area contributed by atoms with Gasteiger partial charge in [-0.1, -0.05) is 24.4 Å². The van der Waals surface area contributed by atoms with Crippen LogP contribution in [0.1, 0.15) is 5.82 Å². The number of hydrogen-bond donors (Lipinski definition) is 1. The van der Waals surface area contributed by atoms with Crippen molar-refractivity contribution < 1.29 is 0 Å². The van der Waals surface area contributed by atoms with Crippen LogP contribution in [0, 0.1) is 0 Å². The second-order valence-corrected chi connectivity index (χ2v) is 5.00. The van der Waals surface area contributed by atoms with Crippen LogP contribution in [0.4, 0.5) is 0 Å². The quantitative estimate of drug-likeness (QED) is 0.737. The van der Waals surface area contributed by atoms with Gasteiger partial charge in [0.1, 0.15) is 12.2 Å². The first kappa shape index (κ1) is 11.2. The van der Waals surface area contributed by atoms with Crippen LogP contribution in [0.2, 0.25) is 0 Å². The zero-order valence-electron chi connectivity index (χ0n) is 9.28. The van der Waals surface area contributed by atoms with E-state index in [0.717, 1.165) is 22.0 Å². The van der Waals surface area contributed by atoms with E-state index in [0.29, 0.717) is 11.4 Å². The highest BCUT2D eigenvalue weighted by Gasteiger charge is 2.14. The number of fused-ring (bicyclic) bond motifs is 1. The minimum Gasteiger partial charge on any atom is -0.393 e. The summed E-state index contributed by atoms with van der Waals surface area (Å²) in [7, 11) is 0. The number of thiocarbonyl (C=S) groups is 1. The van der Waals surface area contributed by atoms with E-state index in [-0.39, 0.29) is 0 Å². The van der Waals surface area contributed by atoms with Gasteiger partial charge in [-0.15, -0.1) is 0 Å². The lowest BCUT2D eigenvalue weighted by Crippen LogP contribution is -2.14. The number of para-hydroxylation sites is 2. The highest BCUT2D eigenvalue weighted by Crippen LogP contribution is 2.22. The fourth-order valence-electron chi connectivity index (χ4n) is 1.83. The Hall–Kier alpha value is -1.86. The predicted octanol–water partition coefficient (Wildman–Crippen LogP) is 1.71. The van der Waals surface area contributed by atoms with Gasteiger partial charge in [-0.25, -0.2) is 9.97 Å². The molecule has 0 saturated heterocycles. The Balaban J connectivity index is 2.27. The van der Waals surface area contributed by atoms with Crippen LogP contribution >= 0.6 is 23.8 Å². The summed E-state index contributed by atoms with van der Waals surface area (Å²) in [5, 5.41) is 0.773. The molecule has 2 aromatic heterocycles. The second kappa shape index (κ2) is 4.43. The van der Waals surface area contributed by atoms with Crippen molar-refractivity contribution in [1.82, 2.24) is 18.9 Å². The average Bonchev–Trinajstić information content (AvgIpc) is 2.93. The molecule has 2 heterocycles. The van der Waals surface area contributed by atoms with Gasteiger partial charge in [0.2, 0.25) is 5.13 Å². The Labute approximate surface area is 112 Å². The summed E-state index contributed by atoms with van der Waals surface area (Å²) in [6.45, 7) is 0. The molecule has 3 rings (SSSR count). The molecule has 0 amide bonds. The molecule has 0 spiro atoms. The van der Waals surface area contributed by atoms with Crippen LogP contribution in [0.15, 0.2) is 30.6 Å². The molecule has 0 fully saturated rings. The first-order valence-corrected chi connectivity index (χ1v) is 6.45. The van der Waals surface area contributed by atoms with Crippen LogP contribution in [-0.4, -0.2) is 23.9 Å². The largest absolute Gasteiger partial charge is 0.393 e. The molecule has 1 aromatic carbocycles. The molecule has 0 bridgehead atoms. The Kier molecular flexibility index (Phi) is 2.77. The Morgan fingerprint density at radius 2 is 2.22 bits per heavy atom. The monoisotopic (exact) mass is 275 g/mol. The van der Waals surface area contributed by atoms with Gasteiger partial charge < -0.3 is 5.73 Å². The van der Waals surface area contributed by atoms with Crippen LogP contribution in [-0.2, 0) is 6.42 Å². The first-order chi connectivity index (χ1) is 8.75. The van der Waals surface area contributed by atoms with Crippen molar-refractivity contribution in [3.63, 3.8) is 0 Å². The summed E-state index contributed by atoms with van der Waals surface area (Å²) in [6, 6.07) is 7.86. The summed E-state index contributed by atoms with van der Waals surface area (Å²) in [5.41, 5.74) is 7.50. The summed E-state index contributed by atoms with van der Waals surface area (Å²) < 4.78 is 5.97. The van der Waals surface area contributed by atoms with Gasteiger partial charge in [0.15, 0.2) is 0 Å². The molecule has 0 aliphatic rings. The molecule has 2 N–H and O–H groups in total. The van der Waals surface area contributed by atoms with E-state index in [1.165, 1.54) is 17.9 Å². The lowest BCUT2D eigenvalue weighted by molar-refractivity contribution is 0.954. The molecular weight excluding hydrogens is 266 g/mol. The number of nitrogens with two attached hydrogens (primary N) is 1. The number of nitrogens with zero attached hydrogens (tertiary/aromatic N) is 4. The molecule has 0 radical (unpaired) electrons. The molecule has 18 heavy (non-hydrogen) atoms. The van der Waals surface area contributed by atoms with Crippen molar-refractivity contribution in [3.8, 4) is 5.13 Å². The average molecular weight is 275 g/mol. The number of imidazole rings is 1. The Morgan fingerprint density at radius 3 is 2.94 bits per heavy atom. The lowest BCUT2D eigenvalue weighted by atomic mass is 10.3. The lowest BCUT2D eigenvalue weighted by Gasteiger charge is -2.03. The minimum absolute atomic E-state index is 0.413. The molecule has 0 unspecified atom stereocenters. The normalized spacial score (nSPS) is 10.9. The molecule has 0 aliphatic heterocycles. The molecule has 3 aromatic rings. The standard InChI is InChI=1S/C11H9N5S2/c12-9(17)5-10-15-7-3-1-2-4-8(7)16(10)11-13-6-14-18-11/h1-4,6H,5H2,(H2,12,17). The number of rotatable bonds is 3. The predicted molar refractivity (Wildman–Crippen MR) is 75.0 cm³/mol. The highest BCUT2D eigenvalue weighted by atomic mass is 32.1. The van der Waals surface area contributed by atoms with Crippen LogP contribution < -0.4 is 5.73 Å². The molecule has 7 heteroatoms. The van der Waals surface area contributed by atoms with E-state index in [9.17, 15) is 0 Å². The SMILES string of the molecule is NC(=S)Cc1nc2ccccc2n1-c1ncns1. The first-order valence-electron chi connectivity index (χ1n) is 5.27. The Bertz CT molecular complexity index is 701. The summed E-state index contributed by atoms with van der Waals surface area (Å²) in [6.07, 6.45) is 1.98. The maximum Gasteiger partial charge on any atom is 0.215 e. The van der Waals surface area contributed by atoms with Gasteiger partial charge in [0.25, 0.3) is 0 Å². The van der Waals surface area contributed by atoms with Crippen molar-refractivity contribution >= 4 is 39.8 Å². The van der Waals surface area contributed by atoms with Gasteiger partial charge in [-0.2, -0.15) is 4.37 Å². The van der Waals surface area contributed by atoms with Gasteiger partial charge >= 0.3 is 0 Å². The van der Waals surface area contributed by atoms with Crippen molar-refractivity contribution in [1.29, 1.82) is 0 Å². The molecule has 0 aliphatic carbocycles. The van der Waals surface area contributed by atoms with E-state index in [4.69, 9.17) is 18.0 Å². The number of hydrogen-bond acceptors (Lipinski definition) is 5. The van der Waals surface area contributed by atoms with Crippen LogP contribution in [0.3, 0.4) is 0 Å². The molecule has 0 saturated carbocycles. The van der Waals surface area contributed by atoms with Crippen molar-refractivity contribution in [2.24, 2.45) is 5.73 Å². The third-order valence-electron chi connectivity index (χ3n) is 2.50. The topological polar surface area (TPSA) is 69.6 Å². The second-order valence-electron chi connectivity index (χ2n) is 3.72. The summed E-state index contributed by atoms with van der Waals surface area (Å²) in [5.74, 6) is 0.792. The zero-order valence-corrected chi connectivity index (χ0v) is 10.9. The van der Waals surface area contributed by atoms with Gasteiger partial charge in [-0.3, -0.25) is 4.57 Å². The Morgan fingerprint density at radius 1 is 1.39 bits per heavy atom. The van der Waals surface area contributed by atoms with E-state index in [2.05, 4.69) is 14.3 Å². The number of aromatic nitrogens is 4. The van der Waals surface area contributed by atoms with Gasteiger partial charge in [-0.05, 0) is 12.1 Å². The van der Waals surface area contributed by atoms with E-state index < -0.39 is 0 Å². The van der Waals surface area contributed by atoms with Crippen molar-refractivity contribution in [2.45, 2.75) is 6.42 Å². The fraction of sp³-hybridized carbons (Fsp3) is 0.0909. The van der Waals surface area contributed by atoms with Gasteiger partial charge in [0.05, 0.1) is 22.4 Å². The number of benzene rings is 1. The minimum atomic E-state index is 0.413. The van der Waals surface area contributed by atoms with E-state index >= 15 is 0 Å². The maximum absolute atomic E-state index is 5.61. The van der Waals surface area contributed by atoms with Gasteiger partial charge in [0, 0.05) is 11.5 Å². The third-order valence-corrected chi connectivity index (χ3v) is 3.30. The zero-order chi connectivity index (χ0) is 12.5. The van der Waals surface area contributed by atoms with Crippen LogP contribution in [0.5, 0.6) is 0 Å². The molecule has 5 nitrogen and oxygen atoms in total. The van der Waals surface area contributed by atoms with E-state index in [1.54, 1.807) is 0 Å². The molecule has 0 atom stereocenters. The molecular formula is C11H9N5S2. The van der Waals surface area contributed by atoms with Crippen molar-refractivity contribution in [2.75, 3.05) is 0 Å². The summed E-state index contributed by atoms with van der Waals surface area (Å²) >= 11 is 6.28. The fourth-order valence-corrected chi connectivity index (χ4v) is 2.53. The van der Waals surface area contributed by atoms with Crippen molar-refractivity contribution in [3.05, 3.63) is 36.4 Å². The highest BCUT2D eigenvalue weighted by molar-refractivity contribution is 7.80. The van der Waals surface area contributed by atoms with E-state index in [1.807, 2.05) is 28.8 Å². The van der Waals surface area contributed by atoms with Crippen LogP contribution in [0.25, 0.3) is 16.2 Å². The molecule has 90 valence electrons. The third kappa shape index (κ3) is 1.87. The summed E-state index contributed by atoms with van der Waals surface area (Å²) in [4.78, 5) is 9.18.